The molecule has 1 aliphatic rings. The molecule has 0 bridgehead atoms. The van der Waals surface area contributed by atoms with Crippen LogP contribution in [0.15, 0.2) is 30.3 Å². The summed E-state index contributed by atoms with van der Waals surface area (Å²) in [4.78, 5) is 0. The van der Waals surface area contributed by atoms with Gasteiger partial charge in [0, 0.05) is 5.92 Å². The zero-order valence-electron chi connectivity index (χ0n) is 18.6. The van der Waals surface area contributed by atoms with Crippen molar-refractivity contribution in [2.45, 2.75) is 59.3 Å². The zero-order chi connectivity index (χ0) is 21.9. The molecule has 2 aromatic rings. The van der Waals surface area contributed by atoms with Crippen LogP contribution in [0.4, 0.5) is 0 Å². The molecule has 1 atom stereocenters. The van der Waals surface area contributed by atoms with Crippen molar-refractivity contribution < 1.29 is 23.5 Å². The molecule has 1 N–H and O–H groups in total. The van der Waals surface area contributed by atoms with Crippen LogP contribution in [-0.2, 0) is 20.0 Å². The van der Waals surface area contributed by atoms with E-state index in [1.807, 2.05) is 24.3 Å². The SMILES string of the molecule is CCOP(=O)(COc1cc(C)c2c(c1)CC[C@H]2c1ccc(O)c(C(C)C)c1)OCC. The standard InChI is InChI=1S/C24H33O5P/c1-6-28-30(26,29-7-2)15-27-20-12-17(5)24-19(13-20)8-10-21(24)18-9-11-23(25)22(14-18)16(3)4/h9,11-14,16,21,25H,6-8,10,15H2,1-5H3/t21-/m0/s1. The number of ether oxygens (including phenoxy) is 1. The van der Waals surface area contributed by atoms with E-state index >= 15 is 0 Å². The number of rotatable bonds is 9. The summed E-state index contributed by atoms with van der Waals surface area (Å²) in [6, 6.07) is 10.0. The van der Waals surface area contributed by atoms with Gasteiger partial charge in [-0.2, -0.15) is 0 Å². The molecule has 6 heteroatoms. The van der Waals surface area contributed by atoms with E-state index in [-0.39, 0.29) is 12.3 Å². The zero-order valence-corrected chi connectivity index (χ0v) is 19.5. The molecule has 0 saturated heterocycles. The summed E-state index contributed by atoms with van der Waals surface area (Å²) >= 11 is 0. The van der Waals surface area contributed by atoms with E-state index in [2.05, 4.69) is 26.8 Å². The van der Waals surface area contributed by atoms with E-state index in [1.54, 1.807) is 13.8 Å². The summed E-state index contributed by atoms with van der Waals surface area (Å²) in [7, 11) is -3.25. The number of phenols is 1. The topological polar surface area (TPSA) is 65.0 Å². The highest BCUT2D eigenvalue weighted by atomic mass is 31.2. The molecule has 0 saturated carbocycles. The molecule has 2 aromatic carbocycles. The molecular weight excluding hydrogens is 399 g/mol. The molecule has 0 aromatic heterocycles. The third-order valence-electron chi connectivity index (χ3n) is 5.61. The highest BCUT2D eigenvalue weighted by Gasteiger charge is 2.29. The van der Waals surface area contributed by atoms with Crippen molar-refractivity contribution in [1.29, 1.82) is 0 Å². The Labute approximate surface area is 179 Å². The van der Waals surface area contributed by atoms with Crippen LogP contribution >= 0.6 is 7.60 Å². The van der Waals surface area contributed by atoms with Gasteiger partial charge in [0.15, 0.2) is 6.35 Å². The molecule has 0 aliphatic heterocycles. The molecule has 0 fully saturated rings. The minimum Gasteiger partial charge on any atom is -0.508 e. The van der Waals surface area contributed by atoms with Crippen molar-refractivity contribution in [3.8, 4) is 11.5 Å². The van der Waals surface area contributed by atoms with Crippen molar-refractivity contribution in [3.63, 3.8) is 0 Å². The molecule has 164 valence electrons. The van der Waals surface area contributed by atoms with E-state index in [0.29, 0.717) is 30.6 Å². The predicted molar refractivity (Wildman–Crippen MR) is 120 cm³/mol. The van der Waals surface area contributed by atoms with Crippen LogP contribution in [0.25, 0.3) is 0 Å². The van der Waals surface area contributed by atoms with E-state index in [9.17, 15) is 9.67 Å². The summed E-state index contributed by atoms with van der Waals surface area (Å²) in [6.07, 6.45) is 1.90. The number of aromatic hydroxyl groups is 1. The van der Waals surface area contributed by atoms with Gasteiger partial charge in [-0.05, 0) is 85.5 Å². The maximum Gasteiger partial charge on any atom is 0.367 e. The fraction of sp³-hybridized carbons (Fsp3) is 0.500. The van der Waals surface area contributed by atoms with Gasteiger partial charge in [0.05, 0.1) is 13.2 Å². The molecule has 0 unspecified atom stereocenters. The first-order valence-electron chi connectivity index (χ1n) is 10.7. The van der Waals surface area contributed by atoms with Gasteiger partial charge >= 0.3 is 7.60 Å². The Bertz CT molecular complexity index is 927. The summed E-state index contributed by atoms with van der Waals surface area (Å²) in [6.45, 7) is 10.5. The monoisotopic (exact) mass is 432 g/mol. The Morgan fingerprint density at radius 1 is 1.13 bits per heavy atom. The number of hydrogen-bond donors (Lipinski definition) is 1. The minimum atomic E-state index is -3.25. The summed E-state index contributed by atoms with van der Waals surface area (Å²) in [5.74, 6) is 1.64. The van der Waals surface area contributed by atoms with Gasteiger partial charge in [0.1, 0.15) is 11.5 Å². The lowest BCUT2D eigenvalue weighted by Crippen LogP contribution is -2.06. The molecule has 0 radical (unpaired) electrons. The molecule has 30 heavy (non-hydrogen) atoms. The lowest BCUT2D eigenvalue weighted by Gasteiger charge is -2.20. The van der Waals surface area contributed by atoms with Gasteiger partial charge in [-0.25, -0.2) is 0 Å². The van der Waals surface area contributed by atoms with Crippen molar-refractivity contribution in [1.82, 2.24) is 0 Å². The Kier molecular flexibility index (Phi) is 7.28. The number of aryl methyl sites for hydroxylation is 2. The van der Waals surface area contributed by atoms with Gasteiger partial charge in [-0.15, -0.1) is 0 Å². The van der Waals surface area contributed by atoms with Crippen LogP contribution < -0.4 is 4.74 Å². The summed E-state index contributed by atoms with van der Waals surface area (Å²) in [5, 5.41) is 10.2. The van der Waals surface area contributed by atoms with Gasteiger partial charge < -0.3 is 18.9 Å². The molecule has 0 amide bonds. The molecule has 3 rings (SSSR count). The van der Waals surface area contributed by atoms with Crippen molar-refractivity contribution in [3.05, 3.63) is 58.1 Å². The third-order valence-corrected chi connectivity index (χ3v) is 7.36. The maximum absolute atomic E-state index is 12.7. The maximum atomic E-state index is 12.7. The Morgan fingerprint density at radius 3 is 2.47 bits per heavy atom. The fourth-order valence-corrected chi connectivity index (χ4v) is 5.63. The minimum absolute atomic E-state index is 0.0912. The normalized spacial score (nSPS) is 16.1. The number of benzene rings is 2. The first-order chi connectivity index (χ1) is 14.3. The Balaban J connectivity index is 1.84. The van der Waals surface area contributed by atoms with E-state index in [1.165, 1.54) is 16.7 Å². The first kappa shape index (κ1) is 22.9. The predicted octanol–water partition coefficient (Wildman–Crippen LogP) is 6.50. The molecule has 1 aliphatic carbocycles. The smallest absolute Gasteiger partial charge is 0.367 e. The molecular formula is C24H33O5P. The second-order valence-corrected chi connectivity index (χ2v) is 10.1. The van der Waals surface area contributed by atoms with Gasteiger partial charge in [0.2, 0.25) is 0 Å². The fourth-order valence-electron chi connectivity index (χ4n) is 4.31. The summed E-state index contributed by atoms with van der Waals surface area (Å²) in [5.41, 5.74) is 5.98. The Morgan fingerprint density at radius 2 is 1.83 bits per heavy atom. The van der Waals surface area contributed by atoms with E-state index < -0.39 is 7.60 Å². The molecule has 0 spiro atoms. The van der Waals surface area contributed by atoms with Gasteiger partial charge in [0.25, 0.3) is 0 Å². The van der Waals surface area contributed by atoms with Crippen LogP contribution in [0.3, 0.4) is 0 Å². The number of phenolic OH excluding ortho intramolecular Hbond substituents is 1. The summed E-state index contributed by atoms with van der Waals surface area (Å²) < 4.78 is 29.1. The van der Waals surface area contributed by atoms with Crippen molar-refractivity contribution in [2.24, 2.45) is 0 Å². The van der Waals surface area contributed by atoms with Crippen LogP contribution in [-0.4, -0.2) is 24.7 Å². The first-order valence-corrected chi connectivity index (χ1v) is 12.5. The number of hydrogen-bond acceptors (Lipinski definition) is 5. The largest absolute Gasteiger partial charge is 0.508 e. The lowest BCUT2D eigenvalue weighted by molar-refractivity contribution is 0.197. The van der Waals surface area contributed by atoms with Crippen LogP contribution in [0, 0.1) is 6.92 Å². The molecule has 0 heterocycles. The van der Waals surface area contributed by atoms with Crippen molar-refractivity contribution in [2.75, 3.05) is 19.6 Å². The highest BCUT2D eigenvalue weighted by Crippen LogP contribution is 2.49. The molecule has 5 nitrogen and oxygen atoms in total. The van der Waals surface area contributed by atoms with E-state index in [0.717, 1.165) is 24.0 Å². The second kappa shape index (κ2) is 9.55. The second-order valence-electron chi connectivity index (χ2n) is 8.10. The van der Waals surface area contributed by atoms with Crippen LogP contribution in [0.5, 0.6) is 11.5 Å². The average Bonchev–Trinajstić information content (AvgIpc) is 3.12. The van der Waals surface area contributed by atoms with Crippen molar-refractivity contribution >= 4 is 7.60 Å². The van der Waals surface area contributed by atoms with Crippen LogP contribution in [0.1, 0.15) is 73.8 Å². The van der Waals surface area contributed by atoms with Gasteiger partial charge in [-0.1, -0.05) is 26.0 Å². The van der Waals surface area contributed by atoms with Crippen LogP contribution in [0.2, 0.25) is 0 Å². The Hall–Kier alpha value is -1.81. The van der Waals surface area contributed by atoms with E-state index in [4.69, 9.17) is 13.8 Å². The number of fused-ring (bicyclic) bond motifs is 1. The average molecular weight is 432 g/mol. The quantitative estimate of drug-likeness (QED) is 0.458. The highest BCUT2D eigenvalue weighted by molar-refractivity contribution is 7.53. The van der Waals surface area contributed by atoms with Gasteiger partial charge in [-0.3, -0.25) is 4.57 Å². The third kappa shape index (κ3) is 4.91. The lowest BCUT2D eigenvalue weighted by atomic mass is 9.87.